The van der Waals surface area contributed by atoms with Crippen LogP contribution in [0.3, 0.4) is 0 Å². The quantitative estimate of drug-likeness (QED) is 0.673. The summed E-state index contributed by atoms with van der Waals surface area (Å²) in [7, 11) is 0.390. The van der Waals surface area contributed by atoms with Crippen LogP contribution in [0.5, 0.6) is 5.75 Å². The monoisotopic (exact) mass is 383 g/mol. The fourth-order valence-corrected chi connectivity index (χ4v) is 3.69. The van der Waals surface area contributed by atoms with Crippen molar-refractivity contribution >= 4 is 16.7 Å². The summed E-state index contributed by atoms with van der Waals surface area (Å²) in [6.45, 7) is 2.34. The topological polar surface area (TPSA) is 68.5 Å². The Hall–Kier alpha value is -2.86. The van der Waals surface area contributed by atoms with Crippen molar-refractivity contribution in [2.45, 2.75) is 24.1 Å². The zero-order chi connectivity index (χ0) is 19.2. The molecule has 0 aliphatic carbocycles. The fraction of sp³-hybridized carbons (Fsp3) is 0.190. The summed E-state index contributed by atoms with van der Waals surface area (Å²) in [5.74, 6) is 1.42. The Bertz CT molecular complexity index is 947. The van der Waals surface area contributed by atoms with Crippen LogP contribution >= 0.6 is 0 Å². The van der Waals surface area contributed by atoms with Crippen LogP contribution in [0.15, 0.2) is 70.0 Å². The van der Waals surface area contributed by atoms with Gasteiger partial charge in [-0.15, -0.1) is 0 Å². The Morgan fingerprint density at radius 1 is 1.11 bits per heavy atom. The van der Waals surface area contributed by atoms with Crippen LogP contribution in [0.4, 0.5) is 0 Å². The molecule has 2 aromatic carbocycles. The molecule has 1 atom stereocenters. The molecule has 1 N–H and O–H groups in total. The molecule has 0 saturated heterocycles. The van der Waals surface area contributed by atoms with Gasteiger partial charge in [-0.1, -0.05) is 24.3 Å². The molecule has 0 aliphatic heterocycles. The summed E-state index contributed by atoms with van der Waals surface area (Å²) in [5, 5.41) is 2.81. The Morgan fingerprint density at radius 3 is 2.59 bits per heavy atom. The first-order valence-electron chi connectivity index (χ1n) is 8.50. The number of aryl methyl sites for hydroxylation is 1. The number of carbonyl (C=O) groups is 1. The third kappa shape index (κ3) is 5.08. The summed E-state index contributed by atoms with van der Waals surface area (Å²) < 4.78 is 23.1. The highest BCUT2D eigenvalue weighted by Gasteiger charge is 2.13. The first-order valence-corrected chi connectivity index (χ1v) is 9.82. The fourth-order valence-electron chi connectivity index (χ4n) is 2.56. The molecule has 0 spiro atoms. The lowest BCUT2D eigenvalue weighted by Crippen LogP contribution is -2.22. The van der Waals surface area contributed by atoms with E-state index in [0.717, 1.165) is 21.8 Å². The number of methoxy groups -OCH3 is 1. The van der Waals surface area contributed by atoms with E-state index in [1.165, 1.54) is 0 Å². The van der Waals surface area contributed by atoms with E-state index in [0.29, 0.717) is 12.3 Å². The van der Waals surface area contributed by atoms with Crippen LogP contribution in [0.1, 0.15) is 27.4 Å². The van der Waals surface area contributed by atoms with Crippen molar-refractivity contribution in [1.82, 2.24) is 5.32 Å². The second-order valence-electron chi connectivity index (χ2n) is 6.10. The molecular weight excluding hydrogens is 362 g/mol. The van der Waals surface area contributed by atoms with Crippen LogP contribution in [-0.4, -0.2) is 17.2 Å². The van der Waals surface area contributed by atoms with Crippen molar-refractivity contribution in [2.24, 2.45) is 0 Å². The first-order chi connectivity index (χ1) is 13.0. The molecule has 27 heavy (non-hydrogen) atoms. The van der Waals surface area contributed by atoms with Gasteiger partial charge in [0, 0.05) is 11.4 Å². The van der Waals surface area contributed by atoms with E-state index in [1.807, 2.05) is 55.5 Å². The Kier molecular flexibility index (Phi) is 6.08. The predicted octanol–water partition coefficient (Wildman–Crippen LogP) is 3.83. The molecule has 5 nitrogen and oxygen atoms in total. The van der Waals surface area contributed by atoms with Crippen molar-refractivity contribution in [2.75, 3.05) is 7.11 Å². The minimum atomic E-state index is -1.22. The number of carbonyl (C=O) groups excluding carboxylic acids is 1. The highest BCUT2D eigenvalue weighted by molar-refractivity contribution is 7.84. The molecule has 1 aromatic heterocycles. The lowest BCUT2D eigenvalue weighted by atomic mass is 10.2. The lowest BCUT2D eigenvalue weighted by molar-refractivity contribution is 0.0921. The second kappa shape index (κ2) is 8.68. The molecule has 1 heterocycles. The number of ether oxygens (including phenoxy) is 1. The molecule has 0 fully saturated rings. The SMILES string of the molecule is COc1ccc(CNC(=O)c2ccc(C[S@](=O)c3cccc(C)c3)o2)cc1. The van der Waals surface area contributed by atoms with Gasteiger partial charge in [-0.3, -0.25) is 9.00 Å². The number of nitrogens with one attached hydrogen (secondary N) is 1. The second-order valence-corrected chi connectivity index (χ2v) is 7.55. The van der Waals surface area contributed by atoms with Crippen LogP contribution in [0, 0.1) is 6.92 Å². The molecule has 0 bridgehead atoms. The van der Waals surface area contributed by atoms with Crippen molar-refractivity contribution in [3.8, 4) is 5.75 Å². The number of hydrogen-bond acceptors (Lipinski definition) is 4. The third-order valence-corrected chi connectivity index (χ3v) is 5.35. The van der Waals surface area contributed by atoms with Gasteiger partial charge >= 0.3 is 0 Å². The highest BCUT2D eigenvalue weighted by Crippen LogP contribution is 2.16. The summed E-state index contributed by atoms with van der Waals surface area (Å²) in [6.07, 6.45) is 0. The van der Waals surface area contributed by atoms with Gasteiger partial charge in [0.2, 0.25) is 0 Å². The van der Waals surface area contributed by atoms with E-state index in [4.69, 9.17) is 9.15 Å². The minimum Gasteiger partial charge on any atom is -0.497 e. The van der Waals surface area contributed by atoms with Crippen molar-refractivity contribution < 1.29 is 18.2 Å². The van der Waals surface area contributed by atoms with Crippen molar-refractivity contribution in [3.05, 3.63) is 83.3 Å². The van der Waals surface area contributed by atoms with Gasteiger partial charge in [0.05, 0.1) is 23.7 Å². The largest absolute Gasteiger partial charge is 0.497 e. The van der Waals surface area contributed by atoms with Gasteiger partial charge in [0.25, 0.3) is 5.91 Å². The van der Waals surface area contributed by atoms with Crippen LogP contribution in [0.2, 0.25) is 0 Å². The van der Waals surface area contributed by atoms with Crippen molar-refractivity contribution in [1.29, 1.82) is 0 Å². The van der Waals surface area contributed by atoms with Gasteiger partial charge in [-0.25, -0.2) is 0 Å². The highest BCUT2D eigenvalue weighted by atomic mass is 32.2. The molecule has 1 amide bonds. The molecule has 6 heteroatoms. The summed E-state index contributed by atoms with van der Waals surface area (Å²) in [5.41, 5.74) is 2.01. The zero-order valence-electron chi connectivity index (χ0n) is 15.2. The molecule has 140 valence electrons. The van der Waals surface area contributed by atoms with Gasteiger partial charge in [0.1, 0.15) is 11.5 Å². The van der Waals surface area contributed by atoms with Crippen molar-refractivity contribution in [3.63, 3.8) is 0 Å². The maximum Gasteiger partial charge on any atom is 0.287 e. The normalized spacial score (nSPS) is 11.8. The minimum absolute atomic E-state index is 0.208. The number of amides is 1. The van der Waals surface area contributed by atoms with Crippen LogP contribution < -0.4 is 10.1 Å². The zero-order valence-corrected chi connectivity index (χ0v) is 16.0. The summed E-state index contributed by atoms with van der Waals surface area (Å²) in [4.78, 5) is 13.0. The third-order valence-electron chi connectivity index (χ3n) is 4.02. The van der Waals surface area contributed by atoms with Gasteiger partial charge in [-0.2, -0.15) is 0 Å². The number of rotatable bonds is 7. The Morgan fingerprint density at radius 2 is 1.89 bits per heavy atom. The Balaban J connectivity index is 1.57. The molecular formula is C21H21NO4S. The standard InChI is InChI=1S/C21H21NO4S/c1-15-4-3-5-19(12-15)27(24)14-18-10-11-20(26-18)21(23)22-13-16-6-8-17(25-2)9-7-16/h3-12H,13-14H2,1-2H3,(H,22,23)/t27-/m0/s1. The number of benzene rings is 2. The smallest absolute Gasteiger partial charge is 0.287 e. The predicted molar refractivity (Wildman–Crippen MR) is 104 cm³/mol. The Labute approximate surface area is 160 Å². The van der Waals surface area contributed by atoms with E-state index in [9.17, 15) is 9.00 Å². The maximum atomic E-state index is 12.4. The van der Waals surface area contributed by atoms with Gasteiger partial charge in [0.15, 0.2) is 5.76 Å². The number of hydrogen-bond donors (Lipinski definition) is 1. The lowest BCUT2D eigenvalue weighted by Gasteiger charge is -2.05. The molecule has 3 aromatic rings. The molecule has 3 rings (SSSR count). The van der Waals surface area contributed by atoms with Gasteiger partial charge in [-0.05, 0) is 54.4 Å². The van der Waals surface area contributed by atoms with E-state index in [1.54, 1.807) is 19.2 Å². The van der Waals surface area contributed by atoms with E-state index < -0.39 is 10.8 Å². The molecule has 0 unspecified atom stereocenters. The maximum absolute atomic E-state index is 12.4. The van der Waals surface area contributed by atoms with Crippen LogP contribution in [-0.2, 0) is 23.1 Å². The number of furan rings is 1. The van der Waals surface area contributed by atoms with E-state index in [-0.39, 0.29) is 17.4 Å². The average molecular weight is 383 g/mol. The molecule has 0 aliphatic rings. The summed E-state index contributed by atoms with van der Waals surface area (Å²) >= 11 is 0. The van der Waals surface area contributed by atoms with Crippen LogP contribution in [0.25, 0.3) is 0 Å². The van der Waals surface area contributed by atoms with E-state index >= 15 is 0 Å². The van der Waals surface area contributed by atoms with E-state index in [2.05, 4.69) is 5.32 Å². The summed E-state index contributed by atoms with van der Waals surface area (Å²) in [6, 6.07) is 18.3. The first kappa shape index (κ1) is 18.9. The molecule has 0 saturated carbocycles. The average Bonchev–Trinajstić information content (AvgIpc) is 3.15. The van der Waals surface area contributed by atoms with Gasteiger partial charge < -0.3 is 14.5 Å². The molecule has 0 radical (unpaired) electrons.